The number of amides is 1. The molecule has 3 N–H and O–H groups in total. The predicted molar refractivity (Wildman–Crippen MR) is 116 cm³/mol. The van der Waals surface area contributed by atoms with Gasteiger partial charge in [-0.25, -0.2) is 9.78 Å². The van der Waals surface area contributed by atoms with Crippen LogP contribution in [0, 0.1) is 0 Å². The molecular weight excluding hydrogens is 398 g/mol. The highest BCUT2D eigenvalue weighted by molar-refractivity contribution is 5.76. The van der Waals surface area contributed by atoms with Crippen LogP contribution in [0.3, 0.4) is 0 Å². The fraction of sp³-hybridized carbons (Fsp3) is 0.455. The van der Waals surface area contributed by atoms with Crippen LogP contribution in [0.25, 0.3) is 11.2 Å². The van der Waals surface area contributed by atoms with Crippen LogP contribution in [-0.2, 0) is 24.8 Å². The number of rotatable bonds is 7. The first-order chi connectivity index (χ1) is 15.0. The largest absolute Gasteiger partial charge is 0.490 e. The maximum atomic E-state index is 12.3. The van der Waals surface area contributed by atoms with Gasteiger partial charge in [0.25, 0.3) is 5.56 Å². The Labute approximate surface area is 178 Å². The van der Waals surface area contributed by atoms with E-state index in [0.717, 1.165) is 24.2 Å². The molecule has 0 unspecified atom stereocenters. The lowest BCUT2D eigenvalue weighted by molar-refractivity contribution is -0.121. The lowest BCUT2D eigenvalue weighted by Gasteiger charge is -2.23. The first-order valence-electron chi connectivity index (χ1n) is 10.7. The van der Waals surface area contributed by atoms with E-state index in [1.54, 1.807) is 0 Å². The van der Waals surface area contributed by atoms with Gasteiger partial charge >= 0.3 is 5.69 Å². The number of ether oxygens (including phenoxy) is 1. The van der Waals surface area contributed by atoms with Crippen molar-refractivity contribution < 1.29 is 9.53 Å². The second-order valence-corrected chi connectivity index (χ2v) is 8.00. The van der Waals surface area contributed by atoms with E-state index in [-0.39, 0.29) is 29.6 Å². The van der Waals surface area contributed by atoms with Gasteiger partial charge in [-0.05, 0) is 43.4 Å². The standard InChI is InChI=1S/C22H27N5O4/c1-27-20-19(21(29)26-22(27)30)24-17(25-20)10-11-18(28)23-13-14-6-5-9-16(12-14)31-15-7-3-2-4-8-15/h5-6,9,12,15H,2-4,7-8,10-11,13H2,1H3,(H,23,28)(H,24,25)(H,26,29,30). The summed E-state index contributed by atoms with van der Waals surface area (Å²) < 4.78 is 7.35. The SMILES string of the molecule is Cn1c(=O)[nH]c(=O)c2[nH]c(CCC(=O)NCc3cccc(OC4CCCCC4)c3)nc21. The first-order valence-corrected chi connectivity index (χ1v) is 10.7. The average molecular weight is 425 g/mol. The minimum absolute atomic E-state index is 0.123. The van der Waals surface area contributed by atoms with E-state index in [1.807, 2.05) is 24.3 Å². The minimum atomic E-state index is -0.525. The van der Waals surface area contributed by atoms with Crippen LogP contribution in [-0.4, -0.2) is 31.5 Å². The molecule has 1 fully saturated rings. The van der Waals surface area contributed by atoms with Gasteiger partial charge < -0.3 is 15.0 Å². The van der Waals surface area contributed by atoms with E-state index >= 15 is 0 Å². The molecule has 2 aromatic heterocycles. The topological polar surface area (TPSA) is 122 Å². The molecule has 1 aliphatic carbocycles. The molecule has 164 valence electrons. The zero-order chi connectivity index (χ0) is 21.8. The van der Waals surface area contributed by atoms with Crippen LogP contribution >= 0.6 is 0 Å². The summed E-state index contributed by atoms with van der Waals surface area (Å²) in [6, 6.07) is 7.83. The van der Waals surface area contributed by atoms with Crippen molar-refractivity contribution in [1.82, 2.24) is 24.8 Å². The fourth-order valence-electron chi connectivity index (χ4n) is 3.90. The number of fused-ring (bicyclic) bond motifs is 1. The molecular formula is C22H27N5O4. The van der Waals surface area contributed by atoms with Crippen molar-refractivity contribution in [2.24, 2.45) is 7.05 Å². The van der Waals surface area contributed by atoms with Gasteiger partial charge in [-0.15, -0.1) is 0 Å². The summed E-state index contributed by atoms with van der Waals surface area (Å²) in [5, 5.41) is 2.91. The summed E-state index contributed by atoms with van der Waals surface area (Å²) in [5.41, 5.74) is 0.442. The van der Waals surface area contributed by atoms with Crippen molar-refractivity contribution in [3.8, 4) is 5.75 Å². The van der Waals surface area contributed by atoms with E-state index < -0.39 is 11.2 Å². The number of imidazole rings is 1. The summed E-state index contributed by atoms with van der Waals surface area (Å²) >= 11 is 0. The summed E-state index contributed by atoms with van der Waals surface area (Å²) in [7, 11) is 1.53. The highest BCUT2D eigenvalue weighted by Gasteiger charge is 2.15. The van der Waals surface area contributed by atoms with Crippen molar-refractivity contribution in [2.75, 3.05) is 0 Å². The number of aromatic amines is 2. The normalized spacial score (nSPS) is 14.6. The van der Waals surface area contributed by atoms with E-state index in [0.29, 0.717) is 18.8 Å². The molecule has 3 aromatic rings. The lowest BCUT2D eigenvalue weighted by atomic mass is 9.98. The van der Waals surface area contributed by atoms with Gasteiger partial charge in [0, 0.05) is 26.4 Å². The van der Waals surface area contributed by atoms with Crippen LogP contribution in [0.4, 0.5) is 0 Å². The molecule has 9 nitrogen and oxygen atoms in total. The third kappa shape index (κ3) is 5.04. The quantitative estimate of drug-likeness (QED) is 0.534. The third-order valence-electron chi connectivity index (χ3n) is 5.64. The number of nitrogens with zero attached hydrogens (tertiary/aromatic N) is 2. The number of hydrogen-bond acceptors (Lipinski definition) is 5. The van der Waals surface area contributed by atoms with Gasteiger partial charge in [-0.3, -0.25) is 19.1 Å². The summed E-state index contributed by atoms with van der Waals surface area (Å²) in [5.74, 6) is 1.21. The Morgan fingerprint density at radius 2 is 2.03 bits per heavy atom. The summed E-state index contributed by atoms with van der Waals surface area (Å²) in [6.07, 6.45) is 6.75. The molecule has 1 saturated carbocycles. The van der Waals surface area contributed by atoms with Crippen molar-refractivity contribution in [3.63, 3.8) is 0 Å². The zero-order valence-electron chi connectivity index (χ0n) is 17.6. The van der Waals surface area contributed by atoms with Crippen LogP contribution < -0.4 is 21.3 Å². The zero-order valence-corrected chi connectivity index (χ0v) is 17.6. The Morgan fingerprint density at radius 3 is 2.84 bits per heavy atom. The highest BCUT2D eigenvalue weighted by Crippen LogP contribution is 2.24. The van der Waals surface area contributed by atoms with Crippen molar-refractivity contribution >= 4 is 17.1 Å². The van der Waals surface area contributed by atoms with Crippen LogP contribution in [0.1, 0.15) is 49.9 Å². The molecule has 9 heteroatoms. The lowest BCUT2D eigenvalue weighted by Crippen LogP contribution is -2.28. The van der Waals surface area contributed by atoms with E-state index in [9.17, 15) is 14.4 Å². The molecule has 0 bridgehead atoms. The Balaban J connectivity index is 1.30. The third-order valence-corrected chi connectivity index (χ3v) is 5.64. The Hall–Kier alpha value is -3.36. The average Bonchev–Trinajstić information content (AvgIpc) is 3.21. The molecule has 2 heterocycles. The second kappa shape index (κ2) is 9.20. The molecule has 0 atom stereocenters. The number of benzene rings is 1. The van der Waals surface area contributed by atoms with Crippen LogP contribution in [0.15, 0.2) is 33.9 Å². The van der Waals surface area contributed by atoms with Gasteiger partial charge in [-0.1, -0.05) is 18.6 Å². The molecule has 31 heavy (non-hydrogen) atoms. The number of nitrogens with one attached hydrogen (secondary N) is 3. The Morgan fingerprint density at radius 1 is 1.23 bits per heavy atom. The monoisotopic (exact) mass is 425 g/mol. The summed E-state index contributed by atoms with van der Waals surface area (Å²) in [6.45, 7) is 0.412. The van der Waals surface area contributed by atoms with Crippen molar-refractivity contribution in [3.05, 3.63) is 56.5 Å². The molecule has 1 amide bonds. The number of aromatic nitrogens is 4. The minimum Gasteiger partial charge on any atom is -0.490 e. The number of carbonyl (C=O) groups is 1. The van der Waals surface area contributed by atoms with Gasteiger partial charge in [0.15, 0.2) is 5.65 Å². The first kappa shape index (κ1) is 20.9. The predicted octanol–water partition coefficient (Wildman–Crippen LogP) is 1.91. The molecule has 0 spiro atoms. The maximum Gasteiger partial charge on any atom is 0.329 e. The number of H-pyrrole nitrogens is 2. The van der Waals surface area contributed by atoms with E-state index in [4.69, 9.17) is 4.74 Å². The number of aryl methyl sites for hydroxylation is 2. The number of carbonyl (C=O) groups excluding carboxylic acids is 1. The molecule has 4 rings (SSSR count). The van der Waals surface area contributed by atoms with Crippen LogP contribution in [0.5, 0.6) is 5.75 Å². The van der Waals surface area contributed by atoms with Crippen molar-refractivity contribution in [2.45, 2.75) is 57.6 Å². The molecule has 1 aliphatic rings. The Kier molecular flexibility index (Phi) is 6.20. The highest BCUT2D eigenvalue weighted by atomic mass is 16.5. The molecule has 1 aromatic carbocycles. The summed E-state index contributed by atoms with van der Waals surface area (Å²) in [4.78, 5) is 45.2. The fourth-order valence-corrected chi connectivity index (χ4v) is 3.90. The van der Waals surface area contributed by atoms with E-state index in [1.165, 1.54) is 30.9 Å². The maximum absolute atomic E-state index is 12.3. The van der Waals surface area contributed by atoms with Gasteiger partial charge in [0.05, 0.1) is 6.10 Å². The Bertz CT molecular complexity index is 1190. The second-order valence-electron chi connectivity index (χ2n) is 8.00. The smallest absolute Gasteiger partial charge is 0.329 e. The molecule has 0 saturated heterocycles. The molecule has 0 radical (unpaired) electrons. The number of hydrogen-bond donors (Lipinski definition) is 3. The van der Waals surface area contributed by atoms with Crippen molar-refractivity contribution in [1.29, 1.82) is 0 Å². The van der Waals surface area contributed by atoms with Gasteiger partial charge in [-0.2, -0.15) is 0 Å². The van der Waals surface area contributed by atoms with Gasteiger partial charge in [0.2, 0.25) is 5.91 Å². The van der Waals surface area contributed by atoms with Gasteiger partial charge in [0.1, 0.15) is 17.1 Å². The van der Waals surface area contributed by atoms with E-state index in [2.05, 4.69) is 20.3 Å². The van der Waals surface area contributed by atoms with Crippen LogP contribution in [0.2, 0.25) is 0 Å². The molecule has 0 aliphatic heterocycles.